The van der Waals surface area contributed by atoms with Crippen LogP contribution in [0.5, 0.6) is 5.75 Å². The van der Waals surface area contributed by atoms with E-state index in [4.69, 9.17) is 15.2 Å². The van der Waals surface area contributed by atoms with Crippen LogP contribution in [-0.2, 0) is 11.5 Å². The molecule has 8 heteroatoms. The van der Waals surface area contributed by atoms with Crippen molar-refractivity contribution in [1.82, 2.24) is 19.7 Å². The summed E-state index contributed by atoms with van der Waals surface area (Å²) in [7, 11) is -1.10. The molecule has 2 heterocycles. The van der Waals surface area contributed by atoms with E-state index in [2.05, 4.69) is 34.7 Å². The number of aromatic nitrogens is 4. The Hall–Kier alpha value is -1.93. The summed E-state index contributed by atoms with van der Waals surface area (Å²) in [5.74, 6) is 1.52. The molecule has 0 radical (unpaired) electrons. The van der Waals surface area contributed by atoms with Crippen LogP contribution >= 0.6 is 0 Å². The topological polar surface area (TPSA) is 88.1 Å². The molecule has 0 aliphatic carbocycles. The SMILES string of the molecule is CC(C)Oc1ccc(-c2nc(N)n(COCC[Si](C)(C)C)n2)nc1. The first kappa shape index (κ1) is 18.4. The zero-order chi connectivity index (χ0) is 17.7. The molecule has 0 atom stereocenters. The minimum absolute atomic E-state index is 0.110. The van der Waals surface area contributed by atoms with Crippen LogP contribution < -0.4 is 10.5 Å². The van der Waals surface area contributed by atoms with Crippen LogP contribution in [0.15, 0.2) is 18.3 Å². The molecule has 0 saturated carbocycles. The van der Waals surface area contributed by atoms with Crippen LogP contribution in [0.3, 0.4) is 0 Å². The third kappa shape index (κ3) is 5.61. The summed E-state index contributed by atoms with van der Waals surface area (Å²) in [5.41, 5.74) is 6.56. The second-order valence-electron chi connectivity index (χ2n) is 7.19. The van der Waals surface area contributed by atoms with Crippen molar-refractivity contribution in [3.63, 3.8) is 0 Å². The quantitative estimate of drug-likeness (QED) is 0.582. The Morgan fingerprint density at radius 3 is 2.58 bits per heavy atom. The van der Waals surface area contributed by atoms with E-state index in [9.17, 15) is 0 Å². The third-order valence-corrected chi connectivity index (χ3v) is 4.95. The van der Waals surface area contributed by atoms with Crippen molar-refractivity contribution in [2.24, 2.45) is 0 Å². The van der Waals surface area contributed by atoms with E-state index in [-0.39, 0.29) is 6.10 Å². The van der Waals surface area contributed by atoms with Crippen LogP contribution in [0.4, 0.5) is 5.95 Å². The molecule has 0 bridgehead atoms. The predicted octanol–water partition coefficient (Wildman–Crippen LogP) is 3.02. The van der Waals surface area contributed by atoms with Gasteiger partial charge < -0.3 is 15.2 Å². The monoisotopic (exact) mass is 349 g/mol. The van der Waals surface area contributed by atoms with Gasteiger partial charge in [0.05, 0.1) is 12.3 Å². The molecule has 2 aromatic rings. The van der Waals surface area contributed by atoms with Crippen molar-refractivity contribution in [1.29, 1.82) is 0 Å². The molecule has 0 aliphatic heterocycles. The smallest absolute Gasteiger partial charge is 0.221 e. The zero-order valence-corrected chi connectivity index (χ0v) is 16.1. The maximum Gasteiger partial charge on any atom is 0.221 e. The molecule has 0 spiro atoms. The van der Waals surface area contributed by atoms with Crippen molar-refractivity contribution >= 4 is 14.0 Å². The largest absolute Gasteiger partial charge is 0.489 e. The number of hydrogen-bond acceptors (Lipinski definition) is 6. The lowest BCUT2D eigenvalue weighted by molar-refractivity contribution is 0.0801. The van der Waals surface area contributed by atoms with Gasteiger partial charge in [0.1, 0.15) is 18.2 Å². The van der Waals surface area contributed by atoms with Gasteiger partial charge in [0.15, 0.2) is 0 Å². The Labute approximate surface area is 144 Å². The van der Waals surface area contributed by atoms with E-state index in [1.54, 1.807) is 10.9 Å². The number of hydrogen-bond donors (Lipinski definition) is 1. The first-order valence-electron chi connectivity index (χ1n) is 8.16. The van der Waals surface area contributed by atoms with Crippen molar-refractivity contribution in [3.05, 3.63) is 18.3 Å². The molecule has 0 amide bonds. The first-order valence-corrected chi connectivity index (χ1v) is 11.9. The summed E-state index contributed by atoms with van der Waals surface area (Å²) in [6.45, 7) is 11.9. The Kier molecular flexibility index (Phi) is 5.95. The molecular formula is C16H27N5O2Si. The number of anilines is 1. The second kappa shape index (κ2) is 7.76. The number of ether oxygens (including phenoxy) is 2. The highest BCUT2D eigenvalue weighted by Crippen LogP contribution is 2.18. The fourth-order valence-electron chi connectivity index (χ4n) is 1.94. The van der Waals surface area contributed by atoms with Gasteiger partial charge in [-0.15, -0.1) is 5.10 Å². The Morgan fingerprint density at radius 1 is 1.25 bits per heavy atom. The molecule has 132 valence electrons. The maximum atomic E-state index is 5.91. The Morgan fingerprint density at radius 2 is 2.00 bits per heavy atom. The molecular weight excluding hydrogens is 322 g/mol. The van der Waals surface area contributed by atoms with Crippen LogP contribution in [0, 0.1) is 0 Å². The lowest BCUT2D eigenvalue weighted by Gasteiger charge is -2.15. The van der Waals surface area contributed by atoms with Crippen molar-refractivity contribution in [2.75, 3.05) is 12.3 Å². The number of nitrogen functional groups attached to an aromatic ring is 1. The van der Waals surface area contributed by atoms with Gasteiger partial charge in [-0.1, -0.05) is 19.6 Å². The molecule has 0 saturated heterocycles. The molecule has 0 unspecified atom stereocenters. The molecule has 2 rings (SSSR count). The van der Waals surface area contributed by atoms with E-state index in [0.29, 0.717) is 30.8 Å². The highest BCUT2D eigenvalue weighted by Gasteiger charge is 2.14. The number of pyridine rings is 1. The van der Waals surface area contributed by atoms with Crippen LogP contribution in [0.25, 0.3) is 11.5 Å². The van der Waals surface area contributed by atoms with Crippen LogP contribution in [0.2, 0.25) is 25.7 Å². The van der Waals surface area contributed by atoms with Gasteiger partial charge in [0.25, 0.3) is 0 Å². The highest BCUT2D eigenvalue weighted by atomic mass is 28.3. The minimum atomic E-state index is -1.10. The first-order chi connectivity index (χ1) is 11.2. The van der Waals surface area contributed by atoms with Gasteiger partial charge in [-0.25, -0.2) is 9.67 Å². The Bertz CT molecular complexity index is 649. The lowest BCUT2D eigenvalue weighted by atomic mass is 10.3. The van der Waals surface area contributed by atoms with Crippen LogP contribution in [0.1, 0.15) is 13.8 Å². The summed E-state index contributed by atoms with van der Waals surface area (Å²) in [4.78, 5) is 8.59. The summed E-state index contributed by atoms with van der Waals surface area (Å²) in [5, 5.41) is 4.37. The molecule has 0 aromatic carbocycles. The average molecular weight is 350 g/mol. The third-order valence-electron chi connectivity index (χ3n) is 3.25. The second-order valence-corrected chi connectivity index (χ2v) is 12.8. The fraction of sp³-hybridized carbons (Fsp3) is 0.562. The van der Waals surface area contributed by atoms with E-state index in [1.807, 2.05) is 26.0 Å². The average Bonchev–Trinajstić information content (AvgIpc) is 2.84. The van der Waals surface area contributed by atoms with Gasteiger partial charge in [0, 0.05) is 14.7 Å². The van der Waals surface area contributed by atoms with Gasteiger partial charge in [-0.3, -0.25) is 0 Å². The molecule has 2 N–H and O–H groups in total. The maximum absolute atomic E-state index is 5.91. The summed E-state index contributed by atoms with van der Waals surface area (Å²) in [6, 6.07) is 4.78. The van der Waals surface area contributed by atoms with Gasteiger partial charge in [-0.05, 0) is 32.0 Å². The minimum Gasteiger partial charge on any atom is -0.489 e. The predicted molar refractivity (Wildman–Crippen MR) is 97.5 cm³/mol. The Balaban J connectivity index is 1.97. The van der Waals surface area contributed by atoms with Crippen LogP contribution in [-0.4, -0.2) is 40.5 Å². The molecule has 0 fully saturated rings. The van der Waals surface area contributed by atoms with E-state index >= 15 is 0 Å². The molecule has 2 aromatic heterocycles. The normalized spacial score (nSPS) is 11.9. The van der Waals surface area contributed by atoms with E-state index in [0.717, 1.165) is 11.8 Å². The van der Waals surface area contributed by atoms with Gasteiger partial charge >= 0.3 is 0 Å². The number of rotatable bonds is 8. The molecule has 24 heavy (non-hydrogen) atoms. The molecule has 0 aliphatic rings. The van der Waals surface area contributed by atoms with Crippen molar-refractivity contribution in [3.8, 4) is 17.3 Å². The fourth-order valence-corrected chi connectivity index (χ4v) is 2.70. The number of nitrogens with two attached hydrogens (primary N) is 1. The number of nitrogens with zero attached hydrogens (tertiary/aromatic N) is 4. The van der Waals surface area contributed by atoms with E-state index < -0.39 is 8.07 Å². The van der Waals surface area contributed by atoms with Gasteiger partial charge in [0.2, 0.25) is 11.8 Å². The summed E-state index contributed by atoms with van der Waals surface area (Å²) < 4.78 is 12.8. The highest BCUT2D eigenvalue weighted by molar-refractivity contribution is 6.76. The summed E-state index contributed by atoms with van der Waals surface area (Å²) >= 11 is 0. The van der Waals surface area contributed by atoms with Crippen molar-refractivity contribution < 1.29 is 9.47 Å². The molecule has 7 nitrogen and oxygen atoms in total. The lowest BCUT2D eigenvalue weighted by Crippen LogP contribution is -2.22. The summed E-state index contributed by atoms with van der Waals surface area (Å²) in [6.07, 6.45) is 1.77. The zero-order valence-electron chi connectivity index (χ0n) is 15.1. The van der Waals surface area contributed by atoms with Crippen molar-refractivity contribution in [2.45, 2.75) is 52.4 Å². The van der Waals surface area contributed by atoms with Gasteiger partial charge in [-0.2, -0.15) is 4.98 Å². The standard InChI is InChI=1S/C16H27N5O2Si/c1-12(2)23-13-6-7-14(18-10-13)15-19-16(17)21(20-15)11-22-8-9-24(3,4)5/h6-7,10,12H,8-9,11H2,1-5H3,(H2,17,19,20). The van der Waals surface area contributed by atoms with E-state index in [1.165, 1.54) is 0 Å².